The molecule has 0 heterocycles. The van der Waals surface area contributed by atoms with Gasteiger partial charge in [-0.1, -0.05) is 0 Å². The molecule has 1 aromatic rings. The zero-order chi connectivity index (χ0) is 13.0. The number of ether oxygens (including phenoxy) is 1. The molecule has 90 valence electrons. The van der Waals surface area contributed by atoms with Gasteiger partial charge in [0.1, 0.15) is 6.61 Å². The summed E-state index contributed by atoms with van der Waals surface area (Å²) in [5.74, 6) is -0.586. The fourth-order valence-electron chi connectivity index (χ4n) is 1.14. The van der Waals surface area contributed by atoms with E-state index in [0.29, 0.717) is 0 Å². The van der Waals surface area contributed by atoms with Crippen LogP contribution in [0, 0.1) is 20.2 Å². The van der Waals surface area contributed by atoms with Gasteiger partial charge >= 0.3 is 5.97 Å². The maximum atomic E-state index is 10.7. The zero-order valence-electron chi connectivity index (χ0n) is 8.78. The van der Waals surface area contributed by atoms with Crippen LogP contribution in [0.4, 0.5) is 11.4 Å². The third-order valence-electron chi connectivity index (χ3n) is 1.91. The maximum absolute atomic E-state index is 10.7. The number of hydrogen-bond donors (Lipinski definition) is 0. The molecule has 0 saturated carbocycles. The van der Waals surface area contributed by atoms with Crippen molar-refractivity contribution in [1.29, 1.82) is 0 Å². The molecule has 0 unspecified atom stereocenters. The molecule has 0 amide bonds. The zero-order valence-corrected chi connectivity index (χ0v) is 8.78. The van der Waals surface area contributed by atoms with E-state index >= 15 is 0 Å². The Morgan fingerprint density at radius 3 is 2.41 bits per heavy atom. The first-order valence-corrected chi connectivity index (χ1v) is 4.47. The smallest absolute Gasteiger partial charge is 0.302 e. The van der Waals surface area contributed by atoms with E-state index < -0.39 is 21.5 Å². The van der Waals surface area contributed by atoms with Crippen molar-refractivity contribution < 1.29 is 19.4 Å². The van der Waals surface area contributed by atoms with Gasteiger partial charge in [0.15, 0.2) is 0 Å². The highest BCUT2D eigenvalue weighted by atomic mass is 16.6. The van der Waals surface area contributed by atoms with Crippen LogP contribution in [-0.4, -0.2) is 15.8 Å². The Balaban J connectivity index is 3.08. The molecule has 1 aromatic carbocycles. The van der Waals surface area contributed by atoms with Crippen molar-refractivity contribution in [3.05, 3.63) is 44.0 Å². The summed E-state index contributed by atoms with van der Waals surface area (Å²) in [7, 11) is 0. The molecule has 17 heavy (non-hydrogen) atoms. The van der Waals surface area contributed by atoms with Gasteiger partial charge in [-0.05, 0) is 6.07 Å². The number of nitro groups is 2. The molecular formula is C9H8N2O6. The number of nitrogens with zero attached hydrogens (tertiary/aromatic N) is 2. The lowest BCUT2D eigenvalue weighted by Crippen LogP contribution is -2.03. The number of esters is 1. The molecule has 0 aliphatic rings. The predicted molar refractivity (Wildman–Crippen MR) is 55.2 cm³/mol. The second-order valence-corrected chi connectivity index (χ2v) is 3.11. The molecule has 0 saturated heterocycles. The molecule has 0 aliphatic carbocycles. The first-order valence-electron chi connectivity index (χ1n) is 4.47. The molecule has 8 nitrogen and oxygen atoms in total. The standard InChI is InChI=1S/C9H8N2O6/c1-6(12)17-5-7-2-3-8(10(13)14)4-9(7)11(15)16/h2-4H,5H2,1H3. The fourth-order valence-corrected chi connectivity index (χ4v) is 1.14. The summed E-state index contributed by atoms with van der Waals surface area (Å²) < 4.78 is 4.61. The van der Waals surface area contributed by atoms with E-state index in [2.05, 4.69) is 4.74 Å². The van der Waals surface area contributed by atoms with E-state index in [-0.39, 0.29) is 17.9 Å². The van der Waals surface area contributed by atoms with Crippen molar-refractivity contribution in [3.8, 4) is 0 Å². The summed E-state index contributed by atoms with van der Waals surface area (Å²) in [5.41, 5.74) is -0.723. The lowest BCUT2D eigenvalue weighted by atomic mass is 10.1. The van der Waals surface area contributed by atoms with Crippen LogP contribution in [-0.2, 0) is 16.1 Å². The minimum atomic E-state index is -0.758. The summed E-state index contributed by atoms with van der Waals surface area (Å²) in [4.78, 5) is 30.2. The molecule has 0 fully saturated rings. The summed E-state index contributed by atoms with van der Waals surface area (Å²) in [6.45, 7) is 0.876. The lowest BCUT2D eigenvalue weighted by molar-refractivity contribution is -0.394. The summed E-state index contributed by atoms with van der Waals surface area (Å²) in [6, 6.07) is 3.14. The van der Waals surface area contributed by atoms with Gasteiger partial charge in [0, 0.05) is 13.0 Å². The largest absolute Gasteiger partial charge is 0.461 e. The number of non-ortho nitro benzene ring substituents is 1. The van der Waals surface area contributed by atoms with Crippen LogP contribution in [0.15, 0.2) is 18.2 Å². The van der Waals surface area contributed by atoms with Gasteiger partial charge in [0.2, 0.25) is 0 Å². The molecule has 0 aromatic heterocycles. The second kappa shape index (κ2) is 5.01. The molecule has 0 radical (unpaired) electrons. The Kier molecular flexibility index (Phi) is 3.70. The van der Waals surface area contributed by atoms with Gasteiger partial charge in [-0.3, -0.25) is 25.0 Å². The number of hydrogen-bond acceptors (Lipinski definition) is 6. The van der Waals surface area contributed by atoms with Gasteiger partial charge in [-0.15, -0.1) is 0 Å². The monoisotopic (exact) mass is 240 g/mol. The quantitative estimate of drug-likeness (QED) is 0.448. The molecule has 0 spiro atoms. The number of carbonyl (C=O) groups excluding carboxylic acids is 1. The molecule has 0 atom stereocenters. The van der Waals surface area contributed by atoms with E-state index in [1.807, 2.05) is 0 Å². The van der Waals surface area contributed by atoms with Crippen LogP contribution in [0.5, 0.6) is 0 Å². The van der Waals surface area contributed by atoms with Crippen LogP contribution in [0.2, 0.25) is 0 Å². The molecule has 8 heteroatoms. The minimum Gasteiger partial charge on any atom is -0.461 e. The Morgan fingerprint density at radius 1 is 1.29 bits per heavy atom. The van der Waals surface area contributed by atoms with Crippen molar-refractivity contribution in [2.45, 2.75) is 13.5 Å². The fraction of sp³-hybridized carbons (Fsp3) is 0.222. The maximum Gasteiger partial charge on any atom is 0.302 e. The van der Waals surface area contributed by atoms with E-state index in [0.717, 1.165) is 19.1 Å². The average molecular weight is 240 g/mol. The van der Waals surface area contributed by atoms with E-state index in [1.54, 1.807) is 0 Å². The molecule has 1 rings (SSSR count). The third-order valence-corrected chi connectivity index (χ3v) is 1.91. The summed E-state index contributed by atoms with van der Waals surface area (Å²) >= 11 is 0. The molecule has 0 N–H and O–H groups in total. The first kappa shape index (κ1) is 12.6. The van der Waals surface area contributed by atoms with Crippen molar-refractivity contribution >= 4 is 17.3 Å². The van der Waals surface area contributed by atoms with Crippen LogP contribution in [0.3, 0.4) is 0 Å². The van der Waals surface area contributed by atoms with Gasteiger partial charge in [-0.2, -0.15) is 0 Å². The second-order valence-electron chi connectivity index (χ2n) is 3.11. The summed E-state index contributed by atoms with van der Waals surface area (Å²) in [5, 5.41) is 21.1. The summed E-state index contributed by atoms with van der Waals surface area (Å²) in [6.07, 6.45) is 0. The van der Waals surface area contributed by atoms with Crippen LogP contribution < -0.4 is 0 Å². The van der Waals surface area contributed by atoms with Gasteiger partial charge in [-0.25, -0.2) is 0 Å². The predicted octanol–water partition coefficient (Wildman–Crippen LogP) is 1.57. The van der Waals surface area contributed by atoms with Crippen molar-refractivity contribution in [3.63, 3.8) is 0 Å². The highest BCUT2D eigenvalue weighted by Crippen LogP contribution is 2.25. The topological polar surface area (TPSA) is 113 Å². The van der Waals surface area contributed by atoms with Gasteiger partial charge in [0.05, 0.1) is 21.5 Å². The minimum absolute atomic E-state index is 0.107. The van der Waals surface area contributed by atoms with Crippen LogP contribution in [0.25, 0.3) is 0 Å². The highest BCUT2D eigenvalue weighted by Gasteiger charge is 2.19. The van der Waals surface area contributed by atoms with E-state index in [1.165, 1.54) is 6.07 Å². The number of rotatable bonds is 4. The average Bonchev–Trinajstić information content (AvgIpc) is 2.25. The van der Waals surface area contributed by atoms with E-state index in [9.17, 15) is 25.0 Å². The number of carbonyl (C=O) groups is 1. The lowest BCUT2D eigenvalue weighted by Gasteiger charge is -2.03. The normalized spacial score (nSPS) is 9.71. The highest BCUT2D eigenvalue weighted by molar-refractivity contribution is 5.66. The van der Waals surface area contributed by atoms with Gasteiger partial charge in [0.25, 0.3) is 11.4 Å². The SMILES string of the molecule is CC(=O)OCc1ccc([N+](=O)[O-])cc1[N+](=O)[O-]. The Morgan fingerprint density at radius 2 is 1.94 bits per heavy atom. The van der Waals surface area contributed by atoms with E-state index in [4.69, 9.17) is 0 Å². The van der Waals surface area contributed by atoms with Crippen LogP contribution in [0.1, 0.15) is 12.5 Å². The Hall–Kier alpha value is -2.51. The van der Waals surface area contributed by atoms with Gasteiger partial charge < -0.3 is 4.74 Å². The Labute approximate surface area is 95.1 Å². The molecule has 0 aliphatic heterocycles. The number of nitro benzene ring substituents is 2. The van der Waals surface area contributed by atoms with Crippen molar-refractivity contribution in [2.24, 2.45) is 0 Å². The van der Waals surface area contributed by atoms with Crippen molar-refractivity contribution in [1.82, 2.24) is 0 Å². The van der Waals surface area contributed by atoms with Crippen LogP contribution >= 0.6 is 0 Å². The first-order chi connectivity index (χ1) is 7.91. The van der Waals surface area contributed by atoms with Crippen molar-refractivity contribution in [2.75, 3.05) is 0 Å². The molecule has 0 bridgehead atoms. The molecular weight excluding hydrogens is 232 g/mol. The number of benzene rings is 1. The Bertz CT molecular complexity index is 484. The third kappa shape index (κ3) is 3.23.